The fourth-order valence-corrected chi connectivity index (χ4v) is 3.22. The Morgan fingerprint density at radius 1 is 1.38 bits per heavy atom. The van der Waals surface area contributed by atoms with Crippen molar-refractivity contribution in [2.24, 2.45) is 11.7 Å². The maximum Gasteiger partial charge on any atom is 0.241 e. The van der Waals surface area contributed by atoms with Gasteiger partial charge in [-0.25, -0.2) is 0 Å². The number of carbonyl (C=O) groups excluding carboxylic acids is 1. The van der Waals surface area contributed by atoms with Crippen LogP contribution < -0.4 is 11.1 Å². The fourth-order valence-electron chi connectivity index (χ4n) is 1.76. The Kier molecular flexibility index (Phi) is 5.72. The SMILES string of the molecule is CC(C)C[C@H](N)C(=O)Nc1ccc(Sc2nncs2)cc1. The molecule has 0 bridgehead atoms. The maximum absolute atomic E-state index is 11.9. The van der Waals surface area contributed by atoms with Crippen LogP contribution in [-0.2, 0) is 4.79 Å². The monoisotopic (exact) mass is 322 g/mol. The summed E-state index contributed by atoms with van der Waals surface area (Å²) in [5.41, 5.74) is 8.31. The molecule has 0 unspecified atom stereocenters. The summed E-state index contributed by atoms with van der Waals surface area (Å²) < 4.78 is 0.894. The number of nitrogens with one attached hydrogen (secondary N) is 1. The van der Waals surface area contributed by atoms with Gasteiger partial charge in [0.25, 0.3) is 0 Å². The van der Waals surface area contributed by atoms with Gasteiger partial charge in [-0.1, -0.05) is 36.9 Å². The first-order valence-electron chi connectivity index (χ1n) is 6.65. The van der Waals surface area contributed by atoms with E-state index in [0.29, 0.717) is 12.3 Å². The van der Waals surface area contributed by atoms with Crippen molar-refractivity contribution in [1.82, 2.24) is 10.2 Å². The Morgan fingerprint density at radius 2 is 2.10 bits per heavy atom. The lowest BCUT2D eigenvalue weighted by Gasteiger charge is -2.14. The minimum atomic E-state index is -0.472. The Balaban J connectivity index is 1.91. The van der Waals surface area contributed by atoms with Crippen molar-refractivity contribution in [3.63, 3.8) is 0 Å². The highest BCUT2D eigenvalue weighted by molar-refractivity contribution is 8.01. The maximum atomic E-state index is 11.9. The zero-order chi connectivity index (χ0) is 15.2. The summed E-state index contributed by atoms with van der Waals surface area (Å²) in [4.78, 5) is 13.0. The Hall–Kier alpha value is -1.44. The van der Waals surface area contributed by atoms with Crippen LogP contribution in [0.25, 0.3) is 0 Å². The average Bonchev–Trinajstić information content (AvgIpc) is 2.93. The third-order valence-corrected chi connectivity index (χ3v) is 4.51. The molecule has 21 heavy (non-hydrogen) atoms. The highest BCUT2D eigenvalue weighted by Crippen LogP contribution is 2.29. The minimum Gasteiger partial charge on any atom is -0.325 e. The Morgan fingerprint density at radius 3 is 2.67 bits per heavy atom. The fraction of sp³-hybridized carbons (Fsp3) is 0.357. The van der Waals surface area contributed by atoms with Crippen LogP contribution in [0.15, 0.2) is 39.0 Å². The van der Waals surface area contributed by atoms with Crippen LogP contribution >= 0.6 is 23.1 Å². The summed E-state index contributed by atoms with van der Waals surface area (Å²) in [5.74, 6) is 0.254. The second-order valence-electron chi connectivity index (χ2n) is 5.06. The zero-order valence-corrected chi connectivity index (χ0v) is 13.6. The van der Waals surface area contributed by atoms with Crippen molar-refractivity contribution >= 4 is 34.7 Å². The number of benzene rings is 1. The highest BCUT2D eigenvalue weighted by atomic mass is 32.2. The number of rotatable bonds is 6. The summed E-state index contributed by atoms with van der Waals surface area (Å²) >= 11 is 3.04. The molecule has 1 atom stereocenters. The van der Waals surface area contributed by atoms with Crippen molar-refractivity contribution in [3.05, 3.63) is 29.8 Å². The van der Waals surface area contributed by atoms with E-state index < -0.39 is 6.04 Å². The lowest BCUT2D eigenvalue weighted by molar-refractivity contribution is -0.117. The largest absolute Gasteiger partial charge is 0.325 e. The standard InChI is InChI=1S/C14H18N4OS2/c1-9(2)7-12(15)13(19)17-10-3-5-11(6-4-10)21-14-18-16-8-20-14/h3-6,8-9,12H,7,15H2,1-2H3,(H,17,19)/t12-/m0/s1. The van der Waals surface area contributed by atoms with E-state index in [-0.39, 0.29) is 5.91 Å². The molecule has 0 aliphatic heterocycles. The molecule has 1 amide bonds. The smallest absolute Gasteiger partial charge is 0.241 e. The number of amides is 1. The molecule has 0 fully saturated rings. The van der Waals surface area contributed by atoms with Gasteiger partial charge in [0.2, 0.25) is 5.91 Å². The van der Waals surface area contributed by atoms with E-state index in [0.717, 1.165) is 14.9 Å². The molecule has 5 nitrogen and oxygen atoms in total. The van der Waals surface area contributed by atoms with E-state index in [9.17, 15) is 4.79 Å². The van der Waals surface area contributed by atoms with E-state index in [1.54, 1.807) is 17.3 Å². The third kappa shape index (κ3) is 5.11. The van der Waals surface area contributed by atoms with Crippen molar-refractivity contribution in [3.8, 4) is 0 Å². The number of hydrogen-bond donors (Lipinski definition) is 2. The van der Waals surface area contributed by atoms with Crippen molar-refractivity contribution in [2.45, 2.75) is 35.5 Å². The van der Waals surface area contributed by atoms with Crippen LogP contribution in [0.3, 0.4) is 0 Å². The first kappa shape index (κ1) is 15.9. The third-order valence-electron chi connectivity index (χ3n) is 2.73. The summed E-state index contributed by atoms with van der Waals surface area (Å²) in [6.45, 7) is 4.10. The van der Waals surface area contributed by atoms with Gasteiger partial charge >= 0.3 is 0 Å². The van der Waals surface area contributed by atoms with Gasteiger partial charge in [-0.05, 0) is 36.6 Å². The Bertz CT molecular complexity index is 569. The summed E-state index contributed by atoms with van der Waals surface area (Å²) in [6, 6.07) is 7.14. The van der Waals surface area contributed by atoms with Crippen LogP contribution in [0.4, 0.5) is 5.69 Å². The van der Waals surface area contributed by atoms with Crippen LogP contribution in [0.5, 0.6) is 0 Å². The summed E-state index contributed by atoms with van der Waals surface area (Å²) in [7, 11) is 0. The quantitative estimate of drug-likeness (QED) is 0.854. The predicted molar refractivity (Wildman–Crippen MR) is 86.5 cm³/mol. The Labute approximate surface area is 132 Å². The first-order valence-corrected chi connectivity index (χ1v) is 8.34. The molecule has 7 heteroatoms. The molecule has 0 spiro atoms. The van der Waals surface area contributed by atoms with Crippen molar-refractivity contribution in [1.29, 1.82) is 0 Å². The topological polar surface area (TPSA) is 80.9 Å². The van der Waals surface area contributed by atoms with Crippen LogP contribution in [0.2, 0.25) is 0 Å². The highest BCUT2D eigenvalue weighted by Gasteiger charge is 2.14. The van der Waals surface area contributed by atoms with Crippen LogP contribution in [-0.4, -0.2) is 22.1 Å². The molecule has 0 saturated carbocycles. The zero-order valence-electron chi connectivity index (χ0n) is 11.9. The number of anilines is 1. The number of nitrogens with zero attached hydrogens (tertiary/aromatic N) is 2. The van der Waals surface area contributed by atoms with Crippen LogP contribution in [0.1, 0.15) is 20.3 Å². The predicted octanol–water partition coefficient (Wildman–Crippen LogP) is 3.00. The van der Waals surface area contributed by atoms with E-state index >= 15 is 0 Å². The first-order chi connectivity index (χ1) is 10.0. The molecule has 1 aromatic heterocycles. The van der Waals surface area contributed by atoms with Gasteiger partial charge in [0, 0.05) is 10.6 Å². The van der Waals surface area contributed by atoms with Gasteiger partial charge in [0.1, 0.15) is 5.51 Å². The van der Waals surface area contributed by atoms with Gasteiger partial charge in [0.15, 0.2) is 4.34 Å². The van der Waals surface area contributed by atoms with Gasteiger partial charge in [-0.15, -0.1) is 10.2 Å². The lowest BCUT2D eigenvalue weighted by atomic mass is 10.0. The molecule has 2 aromatic rings. The molecule has 1 heterocycles. The number of carbonyl (C=O) groups is 1. The lowest BCUT2D eigenvalue weighted by Crippen LogP contribution is -2.36. The molecule has 3 N–H and O–H groups in total. The molecule has 2 rings (SSSR count). The number of hydrogen-bond acceptors (Lipinski definition) is 6. The molecule has 112 valence electrons. The van der Waals surface area contributed by atoms with Crippen molar-refractivity contribution in [2.75, 3.05) is 5.32 Å². The van der Waals surface area contributed by atoms with E-state index in [2.05, 4.69) is 15.5 Å². The summed E-state index contributed by atoms with van der Waals surface area (Å²) in [6.07, 6.45) is 0.677. The van der Waals surface area contributed by atoms with Gasteiger partial charge in [-0.3, -0.25) is 4.79 Å². The normalized spacial score (nSPS) is 12.4. The average molecular weight is 322 g/mol. The second-order valence-corrected chi connectivity index (χ2v) is 7.21. The minimum absolute atomic E-state index is 0.145. The van der Waals surface area contributed by atoms with Gasteiger partial charge in [0.05, 0.1) is 6.04 Å². The van der Waals surface area contributed by atoms with E-state index in [4.69, 9.17) is 5.73 Å². The molecule has 0 radical (unpaired) electrons. The summed E-state index contributed by atoms with van der Waals surface area (Å²) in [5, 5.41) is 10.6. The van der Waals surface area contributed by atoms with Crippen LogP contribution in [0, 0.1) is 5.92 Å². The molecule has 0 saturated heterocycles. The molecular formula is C14H18N4OS2. The van der Waals surface area contributed by atoms with Gasteiger partial charge in [-0.2, -0.15) is 0 Å². The molecule has 0 aliphatic rings. The second kappa shape index (κ2) is 7.53. The van der Waals surface area contributed by atoms with E-state index in [1.165, 1.54) is 11.3 Å². The molecule has 1 aromatic carbocycles. The van der Waals surface area contributed by atoms with E-state index in [1.807, 2.05) is 38.1 Å². The molecular weight excluding hydrogens is 304 g/mol. The molecule has 0 aliphatic carbocycles. The number of nitrogens with two attached hydrogens (primary N) is 1. The number of aromatic nitrogens is 2. The van der Waals surface area contributed by atoms with Crippen molar-refractivity contribution < 1.29 is 4.79 Å². The van der Waals surface area contributed by atoms with Gasteiger partial charge < -0.3 is 11.1 Å².